The highest BCUT2D eigenvalue weighted by molar-refractivity contribution is 14.1. The molecule has 0 aromatic heterocycles. The molecular weight excluding hydrogens is 324 g/mol. The molecule has 2 nitrogen and oxygen atoms in total. The van der Waals surface area contributed by atoms with E-state index in [9.17, 15) is 4.79 Å². The lowest BCUT2D eigenvalue weighted by molar-refractivity contribution is 0.0949. The van der Waals surface area contributed by atoms with Crippen LogP contribution in [0.5, 0.6) is 0 Å². The molecule has 0 radical (unpaired) electrons. The lowest BCUT2D eigenvalue weighted by atomic mass is 10.2. The molecule has 1 rings (SSSR count). The topological polar surface area (TPSA) is 29.1 Å². The third-order valence-electron chi connectivity index (χ3n) is 1.96. The third kappa shape index (κ3) is 4.38. The van der Waals surface area contributed by atoms with E-state index in [1.807, 2.05) is 31.2 Å². The van der Waals surface area contributed by atoms with E-state index < -0.39 is 0 Å². The van der Waals surface area contributed by atoms with Gasteiger partial charge in [-0.1, -0.05) is 13.0 Å². The van der Waals surface area contributed by atoms with Gasteiger partial charge in [-0.05, 0) is 46.7 Å². The Bertz CT molecular complexity index is 343. The molecule has 1 aromatic rings. The van der Waals surface area contributed by atoms with E-state index in [1.165, 1.54) is 0 Å². The third-order valence-corrected chi connectivity index (χ3v) is 3.16. The minimum absolute atomic E-state index is 0.0366. The van der Waals surface area contributed by atoms with Crippen LogP contribution in [0.3, 0.4) is 0 Å². The van der Waals surface area contributed by atoms with E-state index in [0.29, 0.717) is 23.9 Å². The van der Waals surface area contributed by atoms with Crippen molar-refractivity contribution in [2.45, 2.75) is 6.92 Å². The number of hydrogen-bond donors (Lipinski definition) is 1. The number of amides is 1. The van der Waals surface area contributed by atoms with Gasteiger partial charge in [-0.15, -0.1) is 11.6 Å². The monoisotopic (exact) mass is 337 g/mol. The molecule has 0 aliphatic carbocycles. The van der Waals surface area contributed by atoms with Gasteiger partial charge in [-0.3, -0.25) is 4.79 Å². The molecule has 0 aliphatic heterocycles. The van der Waals surface area contributed by atoms with Crippen molar-refractivity contribution in [1.82, 2.24) is 5.32 Å². The Morgan fingerprint density at radius 1 is 1.60 bits per heavy atom. The van der Waals surface area contributed by atoms with Gasteiger partial charge in [0.15, 0.2) is 0 Å². The zero-order valence-corrected chi connectivity index (χ0v) is 11.4. The SMILES string of the molecule is CC(CCl)CNC(=O)c1cccc(I)c1. The average Bonchev–Trinajstić information content (AvgIpc) is 2.25. The van der Waals surface area contributed by atoms with Crippen LogP contribution in [0, 0.1) is 9.49 Å². The van der Waals surface area contributed by atoms with Crippen LogP contribution in [0.15, 0.2) is 24.3 Å². The predicted octanol–water partition coefficient (Wildman–Crippen LogP) is 2.90. The predicted molar refractivity (Wildman–Crippen MR) is 71.4 cm³/mol. The lowest BCUT2D eigenvalue weighted by Crippen LogP contribution is -2.28. The summed E-state index contributed by atoms with van der Waals surface area (Å²) in [6.45, 7) is 2.62. The van der Waals surface area contributed by atoms with Gasteiger partial charge in [0, 0.05) is 21.6 Å². The van der Waals surface area contributed by atoms with E-state index in [-0.39, 0.29) is 5.91 Å². The number of alkyl halides is 1. The fourth-order valence-electron chi connectivity index (χ4n) is 1.05. The van der Waals surface area contributed by atoms with Crippen LogP contribution in [0.25, 0.3) is 0 Å². The van der Waals surface area contributed by atoms with Crippen LogP contribution in [0.2, 0.25) is 0 Å². The molecule has 0 aliphatic rings. The van der Waals surface area contributed by atoms with Crippen molar-refractivity contribution >= 4 is 40.1 Å². The van der Waals surface area contributed by atoms with Crippen LogP contribution in [-0.2, 0) is 0 Å². The van der Waals surface area contributed by atoms with Crippen LogP contribution >= 0.6 is 34.2 Å². The molecule has 0 spiro atoms. The maximum atomic E-state index is 11.7. The van der Waals surface area contributed by atoms with Crippen molar-refractivity contribution in [3.63, 3.8) is 0 Å². The van der Waals surface area contributed by atoms with Crippen LogP contribution in [-0.4, -0.2) is 18.3 Å². The van der Waals surface area contributed by atoms with E-state index >= 15 is 0 Å². The van der Waals surface area contributed by atoms with Gasteiger partial charge in [0.05, 0.1) is 0 Å². The van der Waals surface area contributed by atoms with E-state index in [0.717, 1.165) is 3.57 Å². The highest BCUT2D eigenvalue weighted by Crippen LogP contribution is 2.07. The first-order chi connectivity index (χ1) is 7.13. The average molecular weight is 338 g/mol. The summed E-state index contributed by atoms with van der Waals surface area (Å²) in [5.74, 6) is 0.830. The molecule has 1 amide bonds. The van der Waals surface area contributed by atoms with Gasteiger partial charge < -0.3 is 5.32 Å². The van der Waals surface area contributed by atoms with E-state index in [1.54, 1.807) is 0 Å². The molecule has 0 heterocycles. The van der Waals surface area contributed by atoms with Gasteiger partial charge in [0.25, 0.3) is 5.91 Å². The molecule has 15 heavy (non-hydrogen) atoms. The highest BCUT2D eigenvalue weighted by Gasteiger charge is 2.07. The molecule has 0 saturated heterocycles. The van der Waals surface area contributed by atoms with Crippen molar-refractivity contribution in [3.05, 3.63) is 33.4 Å². The maximum Gasteiger partial charge on any atom is 0.251 e. The first-order valence-electron chi connectivity index (χ1n) is 4.73. The molecule has 0 fully saturated rings. The number of halogens is 2. The molecule has 0 saturated carbocycles. The first-order valence-corrected chi connectivity index (χ1v) is 6.34. The molecule has 1 aromatic carbocycles. The Hall–Kier alpha value is -0.290. The largest absolute Gasteiger partial charge is 0.352 e. The molecule has 1 N–H and O–H groups in total. The number of rotatable bonds is 4. The van der Waals surface area contributed by atoms with Gasteiger partial charge in [-0.2, -0.15) is 0 Å². The number of nitrogens with one attached hydrogen (secondary N) is 1. The van der Waals surface area contributed by atoms with Crippen molar-refractivity contribution in [2.75, 3.05) is 12.4 Å². The quantitative estimate of drug-likeness (QED) is 0.664. The van der Waals surface area contributed by atoms with Gasteiger partial charge in [-0.25, -0.2) is 0 Å². The summed E-state index contributed by atoms with van der Waals surface area (Å²) in [6, 6.07) is 7.50. The van der Waals surface area contributed by atoms with Gasteiger partial charge >= 0.3 is 0 Å². The number of carbonyl (C=O) groups excluding carboxylic acids is 1. The zero-order chi connectivity index (χ0) is 11.3. The van der Waals surface area contributed by atoms with Crippen LogP contribution < -0.4 is 5.32 Å². The number of carbonyl (C=O) groups is 1. The summed E-state index contributed by atoms with van der Waals surface area (Å²) in [5, 5.41) is 2.85. The van der Waals surface area contributed by atoms with E-state index in [2.05, 4.69) is 27.9 Å². The lowest BCUT2D eigenvalue weighted by Gasteiger charge is -2.09. The Labute approximate surface area is 109 Å². The number of hydrogen-bond acceptors (Lipinski definition) is 1. The molecular formula is C11H13ClINO. The molecule has 1 atom stereocenters. The summed E-state index contributed by atoms with van der Waals surface area (Å²) < 4.78 is 1.06. The van der Waals surface area contributed by atoms with Crippen molar-refractivity contribution < 1.29 is 4.79 Å². The minimum atomic E-state index is -0.0366. The first kappa shape index (κ1) is 12.8. The summed E-state index contributed by atoms with van der Waals surface area (Å²) >= 11 is 7.84. The van der Waals surface area contributed by atoms with Crippen molar-refractivity contribution in [1.29, 1.82) is 0 Å². The molecule has 82 valence electrons. The summed E-state index contributed by atoms with van der Waals surface area (Å²) in [6.07, 6.45) is 0. The van der Waals surface area contributed by atoms with Gasteiger partial charge in [0.1, 0.15) is 0 Å². The fourth-order valence-corrected chi connectivity index (χ4v) is 1.71. The minimum Gasteiger partial charge on any atom is -0.352 e. The standard InChI is InChI=1S/C11H13ClINO/c1-8(6-12)7-14-11(15)9-3-2-4-10(13)5-9/h2-5,8H,6-7H2,1H3,(H,14,15). The normalized spacial score (nSPS) is 12.2. The van der Waals surface area contributed by atoms with Gasteiger partial charge in [0.2, 0.25) is 0 Å². The second-order valence-corrected chi connectivity index (χ2v) is 5.03. The Balaban J connectivity index is 2.54. The van der Waals surface area contributed by atoms with Crippen LogP contribution in [0.1, 0.15) is 17.3 Å². The second kappa shape index (κ2) is 6.33. The molecule has 1 unspecified atom stereocenters. The Morgan fingerprint density at radius 3 is 2.93 bits per heavy atom. The van der Waals surface area contributed by atoms with Crippen LogP contribution in [0.4, 0.5) is 0 Å². The Kier molecular flexibility index (Phi) is 5.39. The second-order valence-electron chi connectivity index (χ2n) is 3.48. The fraction of sp³-hybridized carbons (Fsp3) is 0.364. The van der Waals surface area contributed by atoms with E-state index in [4.69, 9.17) is 11.6 Å². The maximum absolute atomic E-state index is 11.7. The Morgan fingerprint density at radius 2 is 2.33 bits per heavy atom. The summed E-state index contributed by atoms with van der Waals surface area (Å²) in [7, 11) is 0. The highest BCUT2D eigenvalue weighted by atomic mass is 127. The zero-order valence-electron chi connectivity index (χ0n) is 8.47. The molecule has 0 bridgehead atoms. The summed E-state index contributed by atoms with van der Waals surface area (Å²) in [5.41, 5.74) is 0.698. The van der Waals surface area contributed by atoms with Crippen molar-refractivity contribution in [2.24, 2.45) is 5.92 Å². The molecule has 4 heteroatoms. The summed E-state index contributed by atoms with van der Waals surface area (Å²) in [4.78, 5) is 11.7. The number of benzene rings is 1. The van der Waals surface area contributed by atoms with Crippen molar-refractivity contribution in [3.8, 4) is 0 Å². The smallest absolute Gasteiger partial charge is 0.251 e.